The molecule has 0 saturated carbocycles. The van der Waals surface area contributed by atoms with E-state index in [0.717, 1.165) is 30.9 Å². The van der Waals surface area contributed by atoms with Crippen LogP contribution in [0.15, 0.2) is 54.6 Å². The van der Waals surface area contributed by atoms with Gasteiger partial charge in [0, 0.05) is 18.8 Å². The van der Waals surface area contributed by atoms with Gasteiger partial charge in [0.1, 0.15) is 12.4 Å². The molecule has 0 radical (unpaired) electrons. The van der Waals surface area contributed by atoms with E-state index in [2.05, 4.69) is 46.6 Å². The van der Waals surface area contributed by atoms with Crippen molar-refractivity contribution in [3.63, 3.8) is 0 Å². The zero-order valence-electron chi connectivity index (χ0n) is 12.9. The first-order valence-electron chi connectivity index (χ1n) is 7.39. The van der Waals surface area contributed by atoms with Crippen LogP contribution in [0.4, 0.5) is 5.69 Å². The molecule has 0 unspecified atom stereocenters. The number of likely N-dealkylation sites (N-methyl/N-ethyl adjacent to an activating group) is 1. The second kappa shape index (κ2) is 8.32. The fourth-order valence-electron chi connectivity index (χ4n) is 2.01. The number of hydrogen-bond acceptors (Lipinski definition) is 3. The molecular weight excluding hydrogens is 260 g/mol. The highest BCUT2D eigenvalue weighted by Gasteiger charge is 1.97. The predicted molar refractivity (Wildman–Crippen MR) is 89.1 cm³/mol. The highest BCUT2D eigenvalue weighted by Crippen LogP contribution is 2.15. The van der Waals surface area contributed by atoms with Crippen LogP contribution in [-0.4, -0.2) is 38.7 Å². The lowest BCUT2D eigenvalue weighted by Gasteiger charge is -2.12. The van der Waals surface area contributed by atoms with Crippen molar-refractivity contribution in [3.8, 4) is 5.75 Å². The number of nitrogens with one attached hydrogen (secondary N) is 1. The van der Waals surface area contributed by atoms with E-state index in [9.17, 15) is 0 Å². The maximum absolute atomic E-state index is 5.68. The topological polar surface area (TPSA) is 24.5 Å². The standard InChI is InChI=1S/C18H24N2O/c1-20(2)14-15-21-18-10-8-17(9-11-18)19-13-12-16-6-4-3-5-7-16/h3-11,19H,12-15H2,1-2H3. The van der Waals surface area contributed by atoms with Gasteiger partial charge in [-0.1, -0.05) is 30.3 Å². The molecule has 3 heteroatoms. The monoisotopic (exact) mass is 284 g/mol. The van der Waals surface area contributed by atoms with Crippen LogP contribution in [0.1, 0.15) is 5.56 Å². The van der Waals surface area contributed by atoms with Crippen LogP contribution in [0.2, 0.25) is 0 Å². The van der Waals surface area contributed by atoms with Crippen molar-refractivity contribution in [2.75, 3.05) is 39.1 Å². The number of hydrogen-bond donors (Lipinski definition) is 1. The highest BCUT2D eigenvalue weighted by molar-refractivity contribution is 5.46. The zero-order valence-corrected chi connectivity index (χ0v) is 12.9. The molecule has 21 heavy (non-hydrogen) atoms. The van der Waals surface area contributed by atoms with E-state index >= 15 is 0 Å². The van der Waals surface area contributed by atoms with E-state index in [-0.39, 0.29) is 0 Å². The average molecular weight is 284 g/mol. The van der Waals surface area contributed by atoms with Gasteiger partial charge in [0.2, 0.25) is 0 Å². The van der Waals surface area contributed by atoms with Crippen molar-refractivity contribution in [1.29, 1.82) is 0 Å². The van der Waals surface area contributed by atoms with Gasteiger partial charge in [0.15, 0.2) is 0 Å². The van der Waals surface area contributed by atoms with Crippen molar-refractivity contribution in [2.45, 2.75) is 6.42 Å². The SMILES string of the molecule is CN(C)CCOc1ccc(NCCc2ccccc2)cc1. The molecule has 0 fully saturated rings. The van der Waals surface area contributed by atoms with Gasteiger partial charge in [-0.25, -0.2) is 0 Å². The number of nitrogens with zero attached hydrogens (tertiary/aromatic N) is 1. The summed E-state index contributed by atoms with van der Waals surface area (Å²) in [4.78, 5) is 2.11. The van der Waals surface area contributed by atoms with Crippen molar-refractivity contribution in [3.05, 3.63) is 60.2 Å². The molecule has 2 rings (SSSR count). The Labute approximate surface area is 127 Å². The molecule has 112 valence electrons. The van der Waals surface area contributed by atoms with Gasteiger partial charge in [-0.05, 0) is 50.3 Å². The minimum absolute atomic E-state index is 0.716. The molecule has 0 amide bonds. The third-order valence-corrected chi connectivity index (χ3v) is 3.25. The lowest BCUT2D eigenvalue weighted by Crippen LogP contribution is -2.19. The van der Waals surface area contributed by atoms with Gasteiger partial charge >= 0.3 is 0 Å². The van der Waals surface area contributed by atoms with Gasteiger partial charge in [-0.3, -0.25) is 0 Å². The molecular formula is C18H24N2O. The fraction of sp³-hybridized carbons (Fsp3) is 0.333. The minimum Gasteiger partial charge on any atom is -0.492 e. The highest BCUT2D eigenvalue weighted by atomic mass is 16.5. The molecule has 2 aromatic carbocycles. The molecule has 0 spiro atoms. The molecule has 0 bridgehead atoms. The third-order valence-electron chi connectivity index (χ3n) is 3.25. The molecule has 0 aliphatic rings. The van der Waals surface area contributed by atoms with E-state index in [1.807, 2.05) is 32.3 Å². The molecule has 0 atom stereocenters. The van der Waals surface area contributed by atoms with E-state index < -0.39 is 0 Å². The maximum atomic E-state index is 5.68. The van der Waals surface area contributed by atoms with Gasteiger partial charge in [-0.2, -0.15) is 0 Å². The third kappa shape index (κ3) is 5.88. The largest absolute Gasteiger partial charge is 0.492 e. The van der Waals surface area contributed by atoms with E-state index in [0.29, 0.717) is 6.61 Å². The Hall–Kier alpha value is -2.00. The Bertz CT molecular complexity index is 509. The number of benzene rings is 2. The Morgan fingerprint density at radius 1 is 0.952 bits per heavy atom. The summed E-state index contributed by atoms with van der Waals surface area (Å²) in [6.45, 7) is 2.58. The second-order valence-corrected chi connectivity index (χ2v) is 5.34. The number of rotatable bonds is 8. The van der Waals surface area contributed by atoms with Crippen LogP contribution >= 0.6 is 0 Å². The van der Waals surface area contributed by atoms with Crippen molar-refractivity contribution < 1.29 is 4.74 Å². The first-order chi connectivity index (χ1) is 10.2. The first-order valence-corrected chi connectivity index (χ1v) is 7.39. The van der Waals surface area contributed by atoms with Crippen LogP contribution < -0.4 is 10.1 Å². The quantitative estimate of drug-likeness (QED) is 0.805. The summed E-state index contributed by atoms with van der Waals surface area (Å²) >= 11 is 0. The summed E-state index contributed by atoms with van der Waals surface area (Å²) in [6, 6.07) is 18.7. The fourth-order valence-corrected chi connectivity index (χ4v) is 2.01. The van der Waals surface area contributed by atoms with Crippen molar-refractivity contribution in [2.24, 2.45) is 0 Å². The normalized spacial score (nSPS) is 10.6. The van der Waals surface area contributed by atoms with Gasteiger partial charge in [-0.15, -0.1) is 0 Å². The second-order valence-electron chi connectivity index (χ2n) is 5.34. The van der Waals surface area contributed by atoms with Crippen molar-refractivity contribution >= 4 is 5.69 Å². The summed E-state index contributed by atoms with van der Waals surface area (Å²) in [6.07, 6.45) is 1.03. The molecule has 0 saturated heterocycles. The predicted octanol–water partition coefficient (Wildman–Crippen LogP) is 3.28. The molecule has 0 aromatic heterocycles. The summed E-state index contributed by atoms with van der Waals surface area (Å²) in [7, 11) is 4.09. The maximum Gasteiger partial charge on any atom is 0.119 e. The van der Waals surface area contributed by atoms with Crippen molar-refractivity contribution in [1.82, 2.24) is 4.90 Å². The Morgan fingerprint density at radius 3 is 2.33 bits per heavy atom. The van der Waals surface area contributed by atoms with E-state index in [1.165, 1.54) is 5.56 Å². The average Bonchev–Trinajstić information content (AvgIpc) is 2.50. The Kier molecular flexibility index (Phi) is 6.10. The summed E-state index contributed by atoms with van der Waals surface area (Å²) in [5, 5.41) is 3.43. The molecule has 3 nitrogen and oxygen atoms in total. The van der Waals surface area contributed by atoms with Crippen LogP contribution in [0, 0.1) is 0 Å². The van der Waals surface area contributed by atoms with E-state index in [1.54, 1.807) is 0 Å². The summed E-state index contributed by atoms with van der Waals surface area (Å²) < 4.78 is 5.68. The molecule has 0 aliphatic heterocycles. The lowest BCUT2D eigenvalue weighted by atomic mass is 10.1. The smallest absolute Gasteiger partial charge is 0.119 e. The van der Waals surface area contributed by atoms with E-state index in [4.69, 9.17) is 4.74 Å². The van der Waals surface area contributed by atoms with Crippen LogP contribution in [0.25, 0.3) is 0 Å². The molecule has 0 heterocycles. The summed E-state index contributed by atoms with van der Waals surface area (Å²) in [5.74, 6) is 0.922. The minimum atomic E-state index is 0.716. The Balaban J connectivity index is 1.72. The van der Waals surface area contributed by atoms with Gasteiger partial charge in [0.05, 0.1) is 0 Å². The first kappa shape index (κ1) is 15.4. The summed E-state index contributed by atoms with van der Waals surface area (Å²) in [5.41, 5.74) is 2.49. The molecule has 0 aliphatic carbocycles. The van der Waals surface area contributed by atoms with Crippen LogP contribution in [-0.2, 0) is 6.42 Å². The van der Waals surface area contributed by atoms with Gasteiger partial charge < -0.3 is 15.0 Å². The van der Waals surface area contributed by atoms with Gasteiger partial charge in [0.25, 0.3) is 0 Å². The van der Waals surface area contributed by atoms with Crippen LogP contribution in [0.3, 0.4) is 0 Å². The molecule has 2 aromatic rings. The zero-order chi connectivity index (χ0) is 14.9. The number of anilines is 1. The number of ether oxygens (including phenoxy) is 1. The lowest BCUT2D eigenvalue weighted by molar-refractivity contribution is 0.261. The Morgan fingerprint density at radius 2 is 1.67 bits per heavy atom. The molecule has 1 N–H and O–H groups in total. The van der Waals surface area contributed by atoms with Crippen LogP contribution in [0.5, 0.6) is 5.75 Å².